The third-order valence-electron chi connectivity index (χ3n) is 2.13. The summed E-state index contributed by atoms with van der Waals surface area (Å²) in [6.45, 7) is 0. The molecule has 3 nitrogen and oxygen atoms in total. The number of amides is 1. The highest BCUT2D eigenvalue weighted by Gasteiger charge is 2.04. The van der Waals surface area contributed by atoms with E-state index in [1.807, 2.05) is 0 Å². The Balaban J connectivity index is 2.03. The zero-order valence-electron chi connectivity index (χ0n) is 9.19. The number of halogens is 2. The third kappa shape index (κ3) is 3.21. The van der Waals surface area contributed by atoms with Gasteiger partial charge in [-0.2, -0.15) is 0 Å². The van der Waals surface area contributed by atoms with E-state index < -0.39 is 5.82 Å². The van der Waals surface area contributed by atoms with Crippen LogP contribution in [0.25, 0.3) is 6.08 Å². The molecule has 2 aromatic rings. The number of rotatable bonds is 3. The summed E-state index contributed by atoms with van der Waals surface area (Å²) in [6, 6.07) is 7.19. The zero-order valence-corrected chi connectivity index (χ0v) is 9.95. The molecule has 92 valence electrons. The van der Waals surface area contributed by atoms with E-state index in [1.54, 1.807) is 12.1 Å². The van der Waals surface area contributed by atoms with Crippen molar-refractivity contribution in [1.29, 1.82) is 0 Å². The molecule has 0 unspecified atom stereocenters. The number of hydrogen-bond acceptors (Lipinski definition) is 2. The Labute approximate surface area is 108 Å². The molecule has 1 aromatic heterocycles. The molecule has 0 spiro atoms. The van der Waals surface area contributed by atoms with Crippen LogP contribution in [0.1, 0.15) is 5.76 Å². The number of carbonyl (C=O) groups is 1. The summed E-state index contributed by atoms with van der Waals surface area (Å²) < 4.78 is 17.8. The summed E-state index contributed by atoms with van der Waals surface area (Å²) in [7, 11) is 0. The minimum Gasteiger partial charge on any atom is -0.465 e. The summed E-state index contributed by atoms with van der Waals surface area (Å²) in [4.78, 5) is 11.6. The standard InChI is InChI=1S/C13H9ClFNO2/c14-11-8-9(15)3-5-12(11)16-13(17)6-4-10-2-1-7-18-10/h1-8H,(H,16,17)/b6-4+. The highest BCUT2D eigenvalue weighted by atomic mass is 35.5. The van der Waals surface area contributed by atoms with Gasteiger partial charge in [-0.15, -0.1) is 0 Å². The van der Waals surface area contributed by atoms with E-state index in [-0.39, 0.29) is 10.9 Å². The first-order valence-electron chi connectivity index (χ1n) is 5.13. The van der Waals surface area contributed by atoms with Crippen molar-refractivity contribution in [3.8, 4) is 0 Å². The average molecular weight is 266 g/mol. The van der Waals surface area contributed by atoms with Crippen LogP contribution in [0.5, 0.6) is 0 Å². The average Bonchev–Trinajstić information content (AvgIpc) is 2.83. The minimum atomic E-state index is -0.455. The van der Waals surface area contributed by atoms with Crippen molar-refractivity contribution >= 4 is 29.3 Å². The van der Waals surface area contributed by atoms with Gasteiger partial charge in [-0.25, -0.2) is 4.39 Å². The molecule has 5 heteroatoms. The predicted molar refractivity (Wildman–Crippen MR) is 67.8 cm³/mol. The molecule has 0 aliphatic rings. The molecule has 18 heavy (non-hydrogen) atoms. The van der Waals surface area contributed by atoms with Gasteiger partial charge in [0.25, 0.3) is 0 Å². The Hall–Kier alpha value is -2.07. The Morgan fingerprint density at radius 3 is 2.89 bits per heavy atom. The van der Waals surface area contributed by atoms with Crippen molar-refractivity contribution in [3.05, 3.63) is 59.3 Å². The largest absolute Gasteiger partial charge is 0.465 e. The van der Waals surface area contributed by atoms with E-state index in [1.165, 1.54) is 30.5 Å². The highest BCUT2D eigenvalue weighted by molar-refractivity contribution is 6.33. The van der Waals surface area contributed by atoms with E-state index in [0.717, 1.165) is 6.07 Å². The molecule has 0 radical (unpaired) electrons. The molecule has 0 aliphatic carbocycles. The molecule has 0 saturated heterocycles. The summed E-state index contributed by atoms with van der Waals surface area (Å²) in [5, 5.41) is 2.68. The molecule has 0 atom stereocenters. The van der Waals surface area contributed by atoms with Crippen molar-refractivity contribution in [2.75, 3.05) is 5.32 Å². The van der Waals surface area contributed by atoms with Crippen LogP contribution in [0.15, 0.2) is 47.1 Å². The maximum atomic E-state index is 12.8. The summed E-state index contributed by atoms with van der Waals surface area (Å²) >= 11 is 5.78. The molecule has 0 aliphatic heterocycles. The number of benzene rings is 1. The lowest BCUT2D eigenvalue weighted by Crippen LogP contribution is -2.08. The Morgan fingerprint density at radius 1 is 1.39 bits per heavy atom. The van der Waals surface area contributed by atoms with E-state index in [0.29, 0.717) is 11.4 Å². The van der Waals surface area contributed by atoms with Crippen LogP contribution in [-0.2, 0) is 4.79 Å². The van der Waals surface area contributed by atoms with Crippen LogP contribution < -0.4 is 5.32 Å². The van der Waals surface area contributed by atoms with Crippen molar-refractivity contribution in [2.24, 2.45) is 0 Å². The third-order valence-corrected chi connectivity index (χ3v) is 2.44. The summed E-state index contributed by atoms with van der Waals surface area (Å²) in [5.41, 5.74) is 0.354. The van der Waals surface area contributed by atoms with Crippen LogP contribution in [0.3, 0.4) is 0 Å². The minimum absolute atomic E-state index is 0.148. The molecule has 2 rings (SSSR count). The summed E-state index contributed by atoms with van der Waals surface area (Å²) in [5.74, 6) is -0.264. The first kappa shape index (κ1) is 12.4. The van der Waals surface area contributed by atoms with Gasteiger partial charge in [-0.05, 0) is 36.4 Å². The van der Waals surface area contributed by atoms with Crippen LogP contribution in [-0.4, -0.2) is 5.91 Å². The second kappa shape index (κ2) is 5.51. The fraction of sp³-hybridized carbons (Fsp3) is 0. The van der Waals surface area contributed by atoms with Crippen molar-refractivity contribution in [2.45, 2.75) is 0 Å². The van der Waals surface area contributed by atoms with E-state index in [2.05, 4.69) is 5.32 Å². The SMILES string of the molecule is O=C(/C=C/c1ccco1)Nc1ccc(F)cc1Cl. The second-order valence-electron chi connectivity index (χ2n) is 3.46. The normalized spacial score (nSPS) is 10.8. The van der Waals surface area contributed by atoms with Gasteiger partial charge < -0.3 is 9.73 Å². The predicted octanol–water partition coefficient (Wildman–Crippen LogP) is 3.72. The number of furan rings is 1. The Kier molecular flexibility index (Phi) is 3.79. The fourth-order valence-electron chi connectivity index (χ4n) is 1.31. The number of hydrogen-bond donors (Lipinski definition) is 1. The Morgan fingerprint density at radius 2 is 2.22 bits per heavy atom. The van der Waals surface area contributed by atoms with Gasteiger partial charge in [0, 0.05) is 6.08 Å². The van der Waals surface area contributed by atoms with Gasteiger partial charge in [0.1, 0.15) is 11.6 Å². The number of carbonyl (C=O) groups excluding carboxylic acids is 1. The van der Waals surface area contributed by atoms with Crippen molar-refractivity contribution in [3.63, 3.8) is 0 Å². The lowest BCUT2D eigenvalue weighted by molar-refractivity contribution is -0.111. The van der Waals surface area contributed by atoms with Crippen molar-refractivity contribution in [1.82, 2.24) is 0 Å². The highest BCUT2D eigenvalue weighted by Crippen LogP contribution is 2.22. The molecule has 1 aromatic carbocycles. The van der Waals surface area contributed by atoms with Gasteiger partial charge in [-0.3, -0.25) is 4.79 Å². The maximum absolute atomic E-state index is 12.8. The van der Waals surface area contributed by atoms with Crippen LogP contribution >= 0.6 is 11.6 Å². The topological polar surface area (TPSA) is 42.2 Å². The number of nitrogens with one attached hydrogen (secondary N) is 1. The molecule has 0 saturated carbocycles. The van der Waals surface area contributed by atoms with Crippen molar-refractivity contribution < 1.29 is 13.6 Å². The first-order valence-corrected chi connectivity index (χ1v) is 5.50. The molecular weight excluding hydrogens is 257 g/mol. The van der Waals surface area contributed by atoms with E-state index >= 15 is 0 Å². The van der Waals surface area contributed by atoms with E-state index in [9.17, 15) is 9.18 Å². The van der Waals surface area contributed by atoms with Gasteiger partial charge in [0.05, 0.1) is 17.0 Å². The van der Waals surface area contributed by atoms with Crippen LogP contribution in [0.2, 0.25) is 5.02 Å². The summed E-state index contributed by atoms with van der Waals surface area (Å²) in [6.07, 6.45) is 4.33. The Bertz CT molecular complexity index is 579. The first-order chi connectivity index (χ1) is 8.65. The molecule has 0 fully saturated rings. The van der Waals surface area contributed by atoms with Gasteiger partial charge in [0.2, 0.25) is 5.91 Å². The molecule has 1 N–H and O–H groups in total. The molecule has 1 amide bonds. The second-order valence-corrected chi connectivity index (χ2v) is 3.87. The van der Waals surface area contributed by atoms with Gasteiger partial charge >= 0.3 is 0 Å². The van der Waals surface area contributed by atoms with Gasteiger partial charge in [-0.1, -0.05) is 11.6 Å². The quantitative estimate of drug-likeness (QED) is 0.860. The lowest BCUT2D eigenvalue weighted by atomic mass is 10.3. The molecule has 0 bridgehead atoms. The monoisotopic (exact) mass is 265 g/mol. The molecular formula is C13H9ClFNO2. The van der Waals surface area contributed by atoms with E-state index in [4.69, 9.17) is 16.0 Å². The number of anilines is 1. The zero-order chi connectivity index (χ0) is 13.0. The van der Waals surface area contributed by atoms with Crippen LogP contribution in [0, 0.1) is 5.82 Å². The maximum Gasteiger partial charge on any atom is 0.248 e. The fourth-order valence-corrected chi connectivity index (χ4v) is 1.52. The smallest absolute Gasteiger partial charge is 0.248 e. The van der Waals surface area contributed by atoms with Gasteiger partial charge in [0.15, 0.2) is 0 Å². The lowest BCUT2D eigenvalue weighted by Gasteiger charge is -2.04. The molecule has 1 heterocycles. The van der Waals surface area contributed by atoms with Crippen LogP contribution in [0.4, 0.5) is 10.1 Å².